The number of rotatable bonds is 4. The number of hydrogen-bond acceptors (Lipinski definition) is 4. The van der Waals surface area contributed by atoms with Gasteiger partial charge in [0.1, 0.15) is 0 Å². The van der Waals surface area contributed by atoms with Gasteiger partial charge in [0.05, 0.1) is 9.82 Å². The molecule has 94 valence electrons. The summed E-state index contributed by atoms with van der Waals surface area (Å²) in [5, 5.41) is 10.5. The first-order valence-corrected chi connectivity index (χ1v) is 6.22. The molecule has 0 spiro atoms. The molecule has 0 unspecified atom stereocenters. The zero-order chi connectivity index (χ0) is 13.2. The summed E-state index contributed by atoms with van der Waals surface area (Å²) in [5.41, 5.74) is -0.735. The molecule has 0 aromatic heterocycles. The van der Waals surface area contributed by atoms with E-state index in [9.17, 15) is 22.9 Å². The molecule has 0 bridgehead atoms. The number of sulfonamides is 1. The highest BCUT2D eigenvalue weighted by Gasteiger charge is 2.23. The molecule has 0 atom stereocenters. The van der Waals surface area contributed by atoms with Gasteiger partial charge in [0.25, 0.3) is 0 Å². The van der Waals surface area contributed by atoms with Gasteiger partial charge in [-0.3, -0.25) is 10.1 Å². The minimum Gasteiger partial charge on any atom is -0.258 e. The molecule has 0 aliphatic rings. The number of halogens is 1. The molecule has 0 saturated carbocycles. The molecule has 1 aromatic carbocycles. The van der Waals surface area contributed by atoms with Crippen LogP contribution in [0.3, 0.4) is 0 Å². The fraction of sp³-hybridized carbons (Fsp3) is 0.333. The van der Waals surface area contributed by atoms with Crippen LogP contribution in [0, 0.1) is 22.9 Å². The van der Waals surface area contributed by atoms with Crippen LogP contribution in [0.15, 0.2) is 17.0 Å². The van der Waals surface area contributed by atoms with Crippen molar-refractivity contribution in [3.05, 3.63) is 33.6 Å². The van der Waals surface area contributed by atoms with Crippen LogP contribution in [0.4, 0.5) is 10.1 Å². The summed E-state index contributed by atoms with van der Waals surface area (Å²) in [6, 6.07) is 1.56. The SMILES string of the molecule is CCNS(=O)(=O)c1cc([N+](=O)[O-])c(F)cc1C. The van der Waals surface area contributed by atoms with Crippen molar-refractivity contribution in [1.82, 2.24) is 4.72 Å². The molecule has 0 amide bonds. The monoisotopic (exact) mass is 262 g/mol. The highest BCUT2D eigenvalue weighted by atomic mass is 32.2. The quantitative estimate of drug-likeness (QED) is 0.655. The van der Waals surface area contributed by atoms with E-state index in [2.05, 4.69) is 4.72 Å². The Morgan fingerprint density at radius 1 is 1.47 bits per heavy atom. The van der Waals surface area contributed by atoms with E-state index in [0.717, 1.165) is 12.1 Å². The minimum atomic E-state index is -3.83. The summed E-state index contributed by atoms with van der Waals surface area (Å²) in [6.45, 7) is 3.09. The fourth-order valence-corrected chi connectivity index (χ4v) is 2.62. The summed E-state index contributed by atoms with van der Waals surface area (Å²) in [5.74, 6) is -1.05. The number of nitrogens with one attached hydrogen (secondary N) is 1. The first-order chi connectivity index (χ1) is 7.79. The summed E-state index contributed by atoms with van der Waals surface area (Å²) < 4.78 is 38.8. The van der Waals surface area contributed by atoms with Crippen molar-refractivity contribution in [2.24, 2.45) is 0 Å². The highest BCUT2D eigenvalue weighted by molar-refractivity contribution is 7.89. The maximum atomic E-state index is 13.2. The molecule has 1 N–H and O–H groups in total. The number of nitro groups is 1. The average Bonchev–Trinajstić information content (AvgIpc) is 2.15. The van der Waals surface area contributed by atoms with E-state index < -0.39 is 26.5 Å². The van der Waals surface area contributed by atoms with Crippen LogP contribution < -0.4 is 4.72 Å². The third kappa shape index (κ3) is 2.77. The van der Waals surface area contributed by atoms with Gasteiger partial charge in [-0.05, 0) is 18.6 Å². The molecule has 1 aromatic rings. The number of hydrogen-bond donors (Lipinski definition) is 1. The van der Waals surface area contributed by atoms with E-state index in [1.807, 2.05) is 0 Å². The molecular formula is C9H11FN2O4S. The second-order valence-electron chi connectivity index (χ2n) is 3.33. The van der Waals surface area contributed by atoms with E-state index in [0.29, 0.717) is 0 Å². The largest absolute Gasteiger partial charge is 0.306 e. The van der Waals surface area contributed by atoms with Crippen LogP contribution in [0.25, 0.3) is 0 Å². The predicted molar refractivity (Wildman–Crippen MR) is 58.7 cm³/mol. The molecule has 1 rings (SSSR count). The van der Waals surface area contributed by atoms with Gasteiger partial charge in [-0.1, -0.05) is 6.92 Å². The lowest BCUT2D eigenvalue weighted by Crippen LogP contribution is -2.24. The van der Waals surface area contributed by atoms with Crippen molar-refractivity contribution in [3.8, 4) is 0 Å². The lowest BCUT2D eigenvalue weighted by molar-refractivity contribution is -0.387. The minimum absolute atomic E-state index is 0.119. The van der Waals surface area contributed by atoms with Crippen LogP contribution >= 0.6 is 0 Å². The third-order valence-electron chi connectivity index (χ3n) is 2.06. The Labute approximate surface area is 97.7 Å². The van der Waals surface area contributed by atoms with Crippen molar-refractivity contribution >= 4 is 15.7 Å². The van der Waals surface area contributed by atoms with Crippen LogP contribution in [0.2, 0.25) is 0 Å². The van der Waals surface area contributed by atoms with E-state index in [4.69, 9.17) is 0 Å². The average molecular weight is 262 g/mol. The molecule has 0 fully saturated rings. The van der Waals surface area contributed by atoms with E-state index in [-0.39, 0.29) is 17.0 Å². The Kier molecular flexibility index (Phi) is 3.79. The Morgan fingerprint density at radius 2 is 2.06 bits per heavy atom. The second kappa shape index (κ2) is 4.76. The molecule has 6 nitrogen and oxygen atoms in total. The van der Waals surface area contributed by atoms with Crippen LogP contribution in [0.5, 0.6) is 0 Å². The van der Waals surface area contributed by atoms with Crippen molar-refractivity contribution < 1.29 is 17.7 Å². The maximum Gasteiger partial charge on any atom is 0.306 e. The second-order valence-corrected chi connectivity index (χ2v) is 5.06. The summed E-state index contributed by atoms with van der Waals surface area (Å²) >= 11 is 0. The standard InChI is InChI=1S/C9H11FN2O4S/c1-3-11-17(15,16)9-5-8(12(13)14)7(10)4-6(9)2/h4-5,11H,3H2,1-2H3. The molecule has 8 heteroatoms. The number of nitro benzene ring substituents is 1. The maximum absolute atomic E-state index is 13.2. The van der Waals surface area contributed by atoms with Crippen molar-refractivity contribution in [2.75, 3.05) is 6.54 Å². The summed E-state index contributed by atoms with van der Waals surface area (Å²) in [6.07, 6.45) is 0. The Morgan fingerprint density at radius 3 is 2.53 bits per heavy atom. The molecule has 0 aliphatic carbocycles. The molecule has 0 aliphatic heterocycles. The molecule has 17 heavy (non-hydrogen) atoms. The van der Waals surface area contributed by atoms with Gasteiger partial charge in [-0.15, -0.1) is 0 Å². The van der Waals surface area contributed by atoms with Gasteiger partial charge in [-0.25, -0.2) is 13.1 Å². The fourth-order valence-electron chi connectivity index (χ4n) is 1.34. The van der Waals surface area contributed by atoms with Gasteiger partial charge in [0.15, 0.2) is 0 Å². The highest BCUT2D eigenvalue weighted by Crippen LogP contribution is 2.24. The first kappa shape index (κ1) is 13.5. The molecule has 0 saturated heterocycles. The number of aryl methyl sites for hydroxylation is 1. The summed E-state index contributed by atoms with van der Waals surface area (Å²) in [7, 11) is -3.83. The predicted octanol–water partition coefficient (Wildman–Crippen LogP) is 1.34. The third-order valence-corrected chi connectivity index (χ3v) is 3.75. The normalized spacial score (nSPS) is 11.5. The Hall–Kier alpha value is -1.54. The lowest BCUT2D eigenvalue weighted by Gasteiger charge is -2.07. The smallest absolute Gasteiger partial charge is 0.258 e. The molecule has 0 heterocycles. The van der Waals surface area contributed by atoms with Crippen molar-refractivity contribution in [2.45, 2.75) is 18.7 Å². The van der Waals surface area contributed by atoms with Gasteiger partial charge in [-0.2, -0.15) is 4.39 Å². The van der Waals surface area contributed by atoms with Crippen molar-refractivity contribution in [1.29, 1.82) is 0 Å². The Balaban J connectivity index is 3.45. The Bertz CT molecular complexity index is 556. The zero-order valence-corrected chi connectivity index (χ0v) is 10.0. The number of nitrogens with zero attached hydrogens (tertiary/aromatic N) is 1. The first-order valence-electron chi connectivity index (χ1n) is 4.73. The van der Waals surface area contributed by atoms with Crippen LogP contribution in [-0.4, -0.2) is 19.9 Å². The van der Waals surface area contributed by atoms with Crippen molar-refractivity contribution in [3.63, 3.8) is 0 Å². The summed E-state index contributed by atoms with van der Waals surface area (Å²) in [4.78, 5) is 9.28. The van der Waals surface area contributed by atoms with E-state index >= 15 is 0 Å². The van der Waals surface area contributed by atoms with E-state index in [1.54, 1.807) is 6.92 Å². The van der Waals surface area contributed by atoms with Gasteiger partial charge in [0.2, 0.25) is 15.8 Å². The zero-order valence-electron chi connectivity index (χ0n) is 9.23. The molecular weight excluding hydrogens is 251 g/mol. The van der Waals surface area contributed by atoms with Crippen LogP contribution in [0.1, 0.15) is 12.5 Å². The van der Waals surface area contributed by atoms with Gasteiger partial charge in [0, 0.05) is 12.6 Å². The van der Waals surface area contributed by atoms with Gasteiger partial charge < -0.3 is 0 Å². The molecule has 0 radical (unpaired) electrons. The van der Waals surface area contributed by atoms with E-state index in [1.165, 1.54) is 6.92 Å². The lowest BCUT2D eigenvalue weighted by atomic mass is 10.2. The van der Waals surface area contributed by atoms with Gasteiger partial charge >= 0.3 is 5.69 Å². The van der Waals surface area contributed by atoms with Crippen LogP contribution in [-0.2, 0) is 10.0 Å². The number of benzene rings is 1. The topological polar surface area (TPSA) is 89.3 Å².